The lowest BCUT2D eigenvalue weighted by Gasteiger charge is -2.40. The lowest BCUT2D eigenvalue weighted by atomic mass is 9.97. The molecule has 0 spiro atoms. The minimum atomic E-state index is 0.204. The van der Waals surface area contributed by atoms with Crippen molar-refractivity contribution in [2.24, 2.45) is 0 Å². The maximum Gasteiger partial charge on any atom is 0.0371 e. The Hall–Kier alpha value is -1.06. The van der Waals surface area contributed by atoms with Crippen molar-refractivity contribution in [3.63, 3.8) is 0 Å². The van der Waals surface area contributed by atoms with E-state index in [-0.39, 0.29) is 5.54 Å². The van der Waals surface area contributed by atoms with Crippen molar-refractivity contribution in [2.75, 3.05) is 38.6 Å². The SMILES string of the molecule is CN(C)CC1CN(c2ccccc2)C(C)(C)CCN1. The van der Waals surface area contributed by atoms with Crippen molar-refractivity contribution in [1.82, 2.24) is 10.2 Å². The van der Waals surface area contributed by atoms with Crippen LogP contribution in [0.4, 0.5) is 5.69 Å². The van der Waals surface area contributed by atoms with Crippen LogP contribution in [0.2, 0.25) is 0 Å². The zero-order valence-electron chi connectivity index (χ0n) is 12.7. The van der Waals surface area contributed by atoms with Crippen LogP contribution >= 0.6 is 0 Å². The van der Waals surface area contributed by atoms with Gasteiger partial charge in [0.25, 0.3) is 0 Å². The molecular weight excluding hydrogens is 234 g/mol. The summed E-state index contributed by atoms with van der Waals surface area (Å²) < 4.78 is 0. The van der Waals surface area contributed by atoms with Crippen LogP contribution in [-0.2, 0) is 0 Å². The molecule has 1 aliphatic heterocycles. The van der Waals surface area contributed by atoms with E-state index in [2.05, 4.69) is 73.4 Å². The van der Waals surface area contributed by atoms with Gasteiger partial charge in [0.15, 0.2) is 0 Å². The molecule has 3 nitrogen and oxygen atoms in total. The van der Waals surface area contributed by atoms with E-state index in [9.17, 15) is 0 Å². The van der Waals surface area contributed by atoms with Gasteiger partial charge in [0.05, 0.1) is 0 Å². The first-order chi connectivity index (χ1) is 8.99. The van der Waals surface area contributed by atoms with Gasteiger partial charge in [-0.2, -0.15) is 0 Å². The molecule has 1 fully saturated rings. The standard InChI is InChI=1S/C16H27N3/c1-16(2)10-11-17-14(12-18(3)4)13-19(16)15-8-6-5-7-9-15/h5-9,14,17H,10-13H2,1-4H3. The summed E-state index contributed by atoms with van der Waals surface area (Å²) in [6, 6.07) is 11.3. The van der Waals surface area contributed by atoms with E-state index < -0.39 is 0 Å². The molecule has 1 atom stereocenters. The monoisotopic (exact) mass is 261 g/mol. The maximum absolute atomic E-state index is 3.68. The molecule has 1 heterocycles. The third kappa shape index (κ3) is 3.71. The molecule has 106 valence electrons. The van der Waals surface area contributed by atoms with Crippen molar-refractivity contribution >= 4 is 5.69 Å². The first kappa shape index (κ1) is 14.4. The zero-order valence-corrected chi connectivity index (χ0v) is 12.7. The van der Waals surface area contributed by atoms with E-state index in [0.717, 1.165) is 19.6 Å². The van der Waals surface area contributed by atoms with Crippen LogP contribution < -0.4 is 10.2 Å². The van der Waals surface area contributed by atoms with Gasteiger partial charge >= 0.3 is 0 Å². The number of rotatable bonds is 3. The molecule has 19 heavy (non-hydrogen) atoms. The third-order valence-corrected chi connectivity index (χ3v) is 3.96. The number of hydrogen-bond donors (Lipinski definition) is 1. The Morgan fingerprint density at radius 2 is 1.95 bits per heavy atom. The van der Waals surface area contributed by atoms with Crippen LogP contribution in [-0.4, -0.2) is 50.2 Å². The molecule has 0 radical (unpaired) electrons. The van der Waals surface area contributed by atoms with Gasteiger partial charge < -0.3 is 15.1 Å². The summed E-state index contributed by atoms with van der Waals surface area (Å²) in [6.07, 6.45) is 1.17. The Morgan fingerprint density at radius 1 is 1.26 bits per heavy atom. The Balaban J connectivity index is 2.20. The predicted molar refractivity (Wildman–Crippen MR) is 82.8 cm³/mol. The molecular formula is C16H27N3. The van der Waals surface area contributed by atoms with E-state index in [4.69, 9.17) is 0 Å². The van der Waals surface area contributed by atoms with Crippen LogP contribution in [0.3, 0.4) is 0 Å². The second-order valence-corrected chi connectivity index (χ2v) is 6.42. The lowest BCUT2D eigenvalue weighted by molar-refractivity contribution is 0.345. The molecule has 2 rings (SSSR count). The quantitative estimate of drug-likeness (QED) is 0.900. The van der Waals surface area contributed by atoms with Gasteiger partial charge in [-0.3, -0.25) is 0 Å². The zero-order chi connectivity index (χ0) is 13.9. The van der Waals surface area contributed by atoms with E-state index in [1.165, 1.54) is 12.1 Å². The number of nitrogens with one attached hydrogen (secondary N) is 1. The highest BCUT2D eigenvalue weighted by Crippen LogP contribution is 2.28. The normalized spacial score (nSPS) is 23.4. The predicted octanol–water partition coefficient (Wildman–Crippen LogP) is 2.20. The summed E-state index contributed by atoms with van der Waals surface area (Å²) in [5.41, 5.74) is 1.54. The van der Waals surface area contributed by atoms with Crippen molar-refractivity contribution < 1.29 is 0 Å². The molecule has 1 unspecified atom stereocenters. The van der Waals surface area contributed by atoms with Crippen LogP contribution in [0.1, 0.15) is 20.3 Å². The van der Waals surface area contributed by atoms with Crippen molar-refractivity contribution in [3.8, 4) is 0 Å². The molecule has 0 aromatic heterocycles. The van der Waals surface area contributed by atoms with E-state index in [1.807, 2.05) is 0 Å². The summed E-state index contributed by atoms with van der Waals surface area (Å²) >= 11 is 0. The van der Waals surface area contributed by atoms with Crippen molar-refractivity contribution in [2.45, 2.75) is 31.8 Å². The number of likely N-dealkylation sites (N-methyl/N-ethyl adjacent to an activating group) is 1. The molecule has 0 bridgehead atoms. The van der Waals surface area contributed by atoms with Gasteiger partial charge in [0, 0.05) is 30.4 Å². The second-order valence-electron chi connectivity index (χ2n) is 6.42. The topological polar surface area (TPSA) is 18.5 Å². The molecule has 3 heteroatoms. The van der Waals surface area contributed by atoms with Gasteiger partial charge in [-0.05, 0) is 53.0 Å². The molecule has 1 N–H and O–H groups in total. The van der Waals surface area contributed by atoms with E-state index in [0.29, 0.717) is 6.04 Å². The maximum atomic E-state index is 3.68. The average Bonchev–Trinajstić information content (AvgIpc) is 2.49. The Labute approximate surface area is 117 Å². The fourth-order valence-electron chi connectivity index (χ4n) is 2.88. The Kier molecular flexibility index (Phi) is 4.48. The summed E-state index contributed by atoms with van der Waals surface area (Å²) in [5.74, 6) is 0. The Morgan fingerprint density at radius 3 is 2.58 bits per heavy atom. The fraction of sp³-hybridized carbons (Fsp3) is 0.625. The van der Waals surface area contributed by atoms with Crippen molar-refractivity contribution in [3.05, 3.63) is 30.3 Å². The van der Waals surface area contributed by atoms with Crippen LogP contribution in [0, 0.1) is 0 Å². The fourth-order valence-corrected chi connectivity index (χ4v) is 2.88. The molecule has 0 amide bonds. The van der Waals surface area contributed by atoms with Gasteiger partial charge in [-0.25, -0.2) is 0 Å². The smallest absolute Gasteiger partial charge is 0.0371 e. The first-order valence-corrected chi connectivity index (χ1v) is 7.20. The summed E-state index contributed by atoms with van der Waals surface area (Å²) in [7, 11) is 4.29. The molecule has 1 aromatic carbocycles. The second kappa shape index (κ2) is 5.93. The third-order valence-electron chi connectivity index (χ3n) is 3.96. The number of nitrogens with zero attached hydrogens (tertiary/aromatic N) is 2. The van der Waals surface area contributed by atoms with E-state index >= 15 is 0 Å². The molecule has 0 saturated carbocycles. The van der Waals surface area contributed by atoms with E-state index in [1.54, 1.807) is 0 Å². The van der Waals surface area contributed by atoms with Gasteiger partial charge in [0.2, 0.25) is 0 Å². The first-order valence-electron chi connectivity index (χ1n) is 7.20. The van der Waals surface area contributed by atoms with Crippen LogP contribution in [0.15, 0.2) is 30.3 Å². The average molecular weight is 261 g/mol. The number of hydrogen-bond acceptors (Lipinski definition) is 3. The van der Waals surface area contributed by atoms with Gasteiger partial charge in [0.1, 0.15) is 0 Å². The molecule has 1 aliphatic rings. The van der Waals surface area contributed by atoms with Crippen LogP contribution in [0.25, 0.3) is 0 Å². The highest BCUT2D eigenvalue weighted by molar-refractivity contribution is 5.49. The molecule has 1 saturated heterocycles. The minimum Gasteiger partial charge on any atom is -0.365 e. The summed E-state index contributed by atoms with van der Waals surface area (Å²) in [6.45, 7) is 7.93. The largest absolute Gasteiger partial charge is 0.365 e. The highest BCUT2D eigenvalue weighted by atomic mass is 15.2. The lowest BCUT2D eigenvalue weighted by Crippen LogP contribution is -2.49. The van der Waals surface area contributed by atoms with Gasteiger partial charge in [-0.15, -0.1) is 0 Å². The molecule has 0 aliphatic carbocycles. The summed E-state index contributed by atoms with van der Waals surface area (Å²) in [5, 5.41) is 3.68. The van der Waals surface area contributed by atoms with Gasteiger partial charge in [-0.1, -0.05) is 18.2 Å². The minimum absolute atomic E-state index is 0.204. The van der Waals surface area contributed by atoms with Crippen LogP contribution in [0.5, 0.6) is 0 Å². The number of para-hydroxylation sites is 1. The Bertz CT molecular complexity index is 386. The highest BCUT2D eigenvalue weighted by Gasteiger charge is 2.31. The number of anilines is 1. The molecule has 1 aromatic rings. The van der Waals surface area contributed by atoms with Crippen molar-refractivity contribution in [1.29, 1.82) is 0 Å². The summed E-state index contributed by atoms with van der Waals surface area (Å²) in [4.78, 5) is 4.82. The number of benzene rings is 1.